The monoisotopic (exact) mass is 261 g/mol. The van der Waals surface area contributed by atoms with Crippen LogP contribution in [0.2, 0.25) is 0 Å². The summed E-state index contributed by atoms with van der Waals surface area (Å²) in [5, 5.41) is 0. The normalized spacial score (nSPS) is 19.2. The van der Waals surface area contributed by atoms with Crippen LogP contribution in [0.3, 0.4) is 0 Å². The van der Waals surface area contributed by atoms with E-state index >= 15 is 0 Å². The molecule has 0 saturated carbocycles. The van der Waals surface area contributed by atoms with E-state index in [1.165, 1.54) is 6.42 Å². The molecule has 1 fully saturated rings. The number of ether oxygens (including phenoxy) is 1. The smallest absolute Gasteiger partial charge is 0.226 e. The molecule has 1 aromatic rings. The molecule has 1 aromatic carbocycles. The molecule has 0 aromatic heterocycles. The highest BCUT2D eigenvalue weighted by Gasteiger charge is 2.24. The van der Waals surface area contributed by atoms with Crippen molar-refractivity contribution in [1.29, 1.82) is 0 Å². The van der Waals surface area contributed by atoms with Crippen molar-refractivity contribution >= 4 is 5.91 Å². The summed E-state index contributed by atoms with van der Waals surface area (Å²) in [6.07, 6.45) is 5.09. The van der Waals surface area contributed by atoms with Gasteiger partial charge >= 0.3 is 0 Å². The summed E-state index contributed by atoms with van der Waals surface area (Å²) >= 11 is 0. The molecule has 3 nitrogen and oxygen atoms in total. The highest BCUT2D eigenvalue weighted by Crippen LogP contribution is 2.20. The van der Waals surface area contributed by atoms with Crippen LogP contribution in [-0.4, -0.2) is 30.0 Å². The maximum atomic E-state index is 12.2. The molecule has 0 spiro atoms. The Hall–Kier alpha value is -1.51. The molecular formula is C16H23NO2. The first-order valence-electron chi connectivity index (χ1n) is 7.28. The average Bonchev–Trinajstić information content (AvgIpc) is 2.48. The van der Waals surface area contributed by atoms with Crippen molar-refractivity contribution in [2.75, 3.05) is 13.2 Å². The van der Waals surface area contributed by atoms with E-state index in [4.69, 9.17) is 4.74 Å². The van der Waals surface area contributed by atoms with Gasteiger partial charge < -0.3 is 9.64 Å². The van der Waals surface area contributed by atoms with Crippen molar-refractivity contribution in [3.63, 3.8) is 0 Å². The van der Waals surface area contributed by atoms with E-state index in [9.17, 15) is 4.79 Å². The number of rotatable bonds is 5. The summed E-state index contributed by atoms with van der Waals surface area (Å²) in [5.41, 5.74) is 0. The van der Waals surface area contributed by atoms with Crippen LogP contribution in [0.5, 0.6) is 5.75 Å². The van der Waals surface area contributed by atoms with Crippen LogP contribution in [0.4, 0.5) is 0 Å². The van der Waals surface area contributed by atoms with Gasteiger partial charge in [0.1, 0.15) is 5.75 Å². The predicted molar refractivity (Wildman–Crippen MR) is 76.2 cm³/mol. The number of nitrogens with zero attached hydrogens (tertiary/aromatic N) is 1. The molecule has 0 radical (unpaired) electrons. The summed E-state index contributed by atoms with van der Waals surface area (Å²) in [5.74, 6) is 1.07. The third-order valence-electron chi connectivity index (χ3n) is 3.75. The molecule has 0 aliphatic carbocycles. The van der Waals surface area contributed by atoms with E-state index in [0.717, 1.165) is 31.6 Å². The van der Waals surface area contributed by atoms with Gasteiger partial charge in [0.25, 0.3) is 0 Å². The first-order chi connectivity index (χ1) is 9.31. The Morgan fingerprint density at radius 1 is 1.32 bits per heavy atom. The Kier molecular flexibility index (Phi) is 5.25. The molecule has 1 atom stereocenters. The lowest BCUT2D eigenvalue weighted by Gasteiger charge is -2.35. The zero-order valence-corrected chi connectivity index (χ0v) is 11.7. The van der Waals surface area contributed by atoms with E-state index < -0.39 is 0 Å². The molecule has 1 saturated heterocycles. The van der Waals surface area contributed by atoms with Gasteiger partial charge in [-0.15, -0.1) is 0 Å². The minimum atomic E-state index is 0.238. The van der Waals surface area contributed by atoms with Gasteiger partial charge in [-0.3, -0.25) is 4.79 Å². The first-order valence-corrected chi connectivity index (χ1v) is 7.28. The molecular weight excluding hydrogens is 238 g/mol. The zero-order valence-electron chi connectivity index (χ0n) is 11.7. The third kappa shape index (κ3) is 3.98. The van der Waals surface area contributed by atoms with E-state index in [2.05, 4.69) is 11.8 Å². The second-order valence-electron chi connectivity index (χ2n) is 5.06. The summed E-state index contributed by atoms with van der Waals surface area (Å²) in [6.45, 7) is 3.55. The van der Waals surface area contributed by atoms with Crippen LogP contribution < -0.4 is 4.74 Å². The minimum absolute atomic E-state index is 0.238. The number of hydrogen-bond donors (Lipinski definition) is 0. The van der Waals surface area contributed by atoms with Gasteiger partial charge in [-0.2, -0.15) is 0 Å². The molecule has 19 heavy (non-hydrogen) atoms. The van der Waals surface area contributed by atoms with Gasteiger partial charge in [0.15, 0.2) is 0 Å². The predicted octanol–water partition coefficient (Wildman–Crippen LogP) is 3.25. The highest BCUT2D eigenvalue weighted by molar-refractivity contribution is 5.76. The van der Waals surface area contributed by atoms with Crippen molar-refractivity contribution in [3.05, 3.63) is 30.3 Å². The Labute approximate surface area is 115 Å². The van der Waals surface area contributed by atoms with Crippen LogP contribution in [0.25, 0.3) is 0 Å². The Bertz CT molecular complexity index is 391. The van der Waals surface area contributed by atoms with Crippen LogP contribution >= 0.6 is 0 Å². The number of amides is 1. The number of benzene rings is 1. The Morgan fingerprint density at radius 3 is 2.84 bits per heavy atom. The van der Waals surface area contributed by atoms with Gasteiger partial charge in [0.05, 0.1) is 13.0 Å². The number of para-hydroxylation sites is 1. The molecule has 0 N–H and O–H groups in total. The molecule has 1 unspecified atom stereocenters. The van der Waals surface area contributed by atoms with Crippen molar-refractivity contribution in [1.82, 2.24) is 4.90 Å². The Morgan fingerprint density at radius 2 is 2.11 bits per heavy atom. The van der Waals surface area contributed by atoms with Crippen molar-refractivity contribution < 1.29 is 9.53 Å². The maximum absolute atomic E-state index is 12.2. The van der Waals surface area contributed by atoms with Crippen molar-refractivity contribution in [2.45, 2.75) is 45.1 Å². The van der Waals surface area contributed by atoms with E-state index in [0.29, 0.717) is 19.1 Å². The second kappa shape index (κ2) is 7.17. The summed E-state index contributed by atoms with van der Waals surface area (Å²) in [7, 11) is 0. The summed E-state index contributed by atoms with van der Waals surface area (Å²) < 4.78 is 5.59. The second-order valence-corrected chi connectivity index (χ2v) is 5.06. The minimum Gasteiger partial charge on any atom is -0.493 e. The van der Waals surface area contributed by atoms with Crippen LogP contribution in [0.15, 0.2) is 30.3 Å². The lowest BCUT2D eigenvalue weighted by molar-refractivity contribution is -0.135. The van der Waals surface area contributed by atoms with Gasteiger partial charge in [-0.1, -0.05) is 25.1 Å². The van der Waals surface area contributed by atoms with Gasteiger partial charge in [-0.05, 0) is 37.8 Å². The maximum Gasteiger partial charge on any atom is 0.226 e. The summed E-state index contributed by atoms with van der Waals surface area (Å²) in [6, 6.07) is 10.1. The van der Waals surface area contributed by atoms with Crippen molar-refractivity contribution in [2.24, 2.45) is 0 Å². The molecule has 3 heteroatoms. The zero-order chi connectivity index (χ0) is 13.5. The lowest BCUT2D eigenvalue weighted by Crippen LogP contribution is -2.43. The van der Waals surface area contributed by atoms with E-state index in [1.807, 2.05) is 30.3 Å². The lowest BCUT2D eigenvalue weighted by atomic mass is 10.00. The number of piperidine rings is 1. The molecule has 0 bridgehead atoms. The molecule has 1 aliphatic rings. The van der Waals surface area contributed by atoms with Crippen LogP contribution in [-0.2, 0) is 4.79 Å². The molecule has 1 aliphatic heterocycles. The SMILES string of the molecule is CCC1CCCCN1C(=O)CCOc1ccccc1. The first kappa shape index (κ1) is 13.9. The Balaban J connectivity index is 1.77. The van der Waals surface area contributed by atoms with Gasteiger partial charge in [0, 0.05) is 12.6 Å². The quantitative estimate of drug-likeness (QED) is 0.814. The van der Waals surface area contributed by atoms with Crippen LogP contribution in [0, 0.1) is 0 Å². The van der Waals surface area contributed by atoms with Gasteiger partial charge in [-0.25, -0.2) is 0 Å². The summed E-state index contributed by atoms with van der Waals surface area (Å²) in [4.78, 5) is 14.3. The fourth-order valence-corrected chi connectivity index (χ4v) is 2.67. The molecule has 2 rings (SSSR count). The van der Waals surface area contributed by atoms with E-state index in [1.54, 1.807) is 0 Å². The fourth-order valence-electron chi connectivity index (χ4n) is 2.67. The number of carbonyl (C=O) groups excluding carboxylic acids is 1. The van der Waals surface area contributed by atoms with Crippen molar-refractivity contribution in [3.8, 4) is 5.75 Å². The van der Waals surface area contributed by atoms with Gasteiger partial charge in [0.2, 0.25) is 5.91 Å². The number of likely N-dealkylation sites (tertiary alicyclic amines) is 1. The standard InChI is InChI=1S/C16H23NO2/c1-2-14-8-6-7-12-17(14)16(18)11-13-19-15-9-4-3-5-10-15/h3-5,9-10,14H,2,6-8,11-13H2,1H3. The highest BCUT2D eigenvalue weighted by atomic mass is 16.5. The fraction of sp³-hybridized carbons (Fsp3) is 0.562. The largest absolute Gasteiger partial charge is 0.493 e. The third-order valence-corrected chi connectivity index (χ3v) is 3.75. The average molecular weight is 261 g/mol. The molecule has 1 amide bonds. The number of hydrogen-bond acceptors (Lipinski definition) is 2. The molecule has 1 heterocycles. The van der Waals surface area contributed by atoms with Crippen LogP contribution in [0.1, 0.15) is 39.0 Å². The topological polar surface area (TPSA) is 29.5 Å². The number of carbonyl (C=O) groups is 1. The van der Waals surface area contributed by atoms with E-state index in [-0.39, 0.29) is 5.91 Å². The molecule has 104 valence electrons.